The zero-order chi connectivity index (χ0) is 16.7. The van der Waals surface area contributed by atoms with Crippen LogP contribution < -0.4 is 5.32 Å². The number of nitrogens with one attached hydrogen (secondary N) is 1. The van der Waals surface area contributed by atoms with E-state index in [1.807, 2.05) is 26.0 Å². The number of anilines is 1. The summed E-state index contributed by atoms with van der Waals surface area (Å²) in [6.45, 7) is 4.42. The van der Waals surface area contributed by atoms with Crippen molar-refractivity contribution in [3.05, 3.63) is 65.2 Å². The first-order valence-corrected chi connectivity index (χ1v) is 7.75. The van der Waals surface area contributed by atoms with Crippen molar-refractivity contribution in [1.29, 1.82) is 0 Å². The number of unbranched alkanes of at least 4 members (excludes halogenated alkanes) is 1. The molecule has 4 heteroatoms. The molecule has 0 aliphatic carbocycles. The van der Waals surface area contributed by atoms with Crippen LogP contribution in [-0.2, 0) is 4.74 Å². The fourth-order valence-electron chi connectivity index (χ4n) is 2.02. The molecular formula is C19H21NO3. The third-order valence-corrected chi connectivity index (χ3v) is 3.40. The summed E-state index contributed by atoms with van der Waals surface area (Å²) in [6.07, 6.45) is 1.81. The minimum atomic E-state index is -0.370. The van der Waals surface area contributed by atoms with Gasteiger partial charge in [-0.2, -0.15) is 0 Å². The third-order valence-electron chi connectivity index (χ3n) is 3.40. The number of benzene rings is 2. The van der Waals surface area contributed by atoms with Crippen LogP contribution in [0.15, 0.2) is 48.5 Å². The van der Waals surface area contributed by atoms with Crippen molar-refractivity contribution in [2.75, 3.05) is 11.9 Å². The van der Waals surface area contributed by atoms with E-state index in [4.69, 9.17) is 4.74 Å². The summed E-state index contributed by atoms with van der Waals surface area (Å²) in [5, 5.41) is 2.79. The molecular weight excluding hydrogens is 290 g/mol. The SMILES string of the molecule is CCCCOC(=O)c1cccc(NC(=O)c2ccc(C)cc2)c1. The molecule has 2 aromatic carbocycles. The Bertz CT molecular complexity index is 677. The Morgan fingerprint density at radius 1 is 1.04 bits per heavy atom. The van der Waals surface area contributed by atoms with Crippen molar-refractivity contribution in [3.8, 4) is 0 Å². The number of amides is 1. The lowest BCUT2D eigenvalue weighted by atomic mass is 10.1. The summed E-state index contributed by atoms with van der Waals surface area (Å²) in [5.74, 6) is -0.577. The van der Waals surface area contributed by atoms with Gasteiger partial charge in [-0.05, 0) is 43.7 Å². The predicted octanol–water partition coefficient (Wildman–Crippen LogP) is 4.20. The quantitative estimate of drug-likeness (QED) is 0.642. The van der Waals surface area contributed by atoms with Gasteiger partial charge in [0.15, 0.2) is 0 Å². The smallest absolute Gasteiger partial charge is 0.338 e. The molecule has 0 aliphatic heterocycles. The molecule has 1 N–H and O–H groups in total. The first-order valence-electron chi connectivity index (χ1n) is 7.75. The maximum atomic E-state index is 12.2. The van der Waals surface area contributed by atoms with Crippen molar-refractivity contribution in [2.24, 2.45) is 0 Å². The second-order valence-corrected chi connectivity index (χ2v) is 5.39. The second kappa shape index (κ2) is 8.13. The van der Waals surface area contributed by atoms with Crippen molar-refractivity contribution in [3.63, 3.8) is 0 Å². The number of carbonyl (C=O) groups is 2. The van der Waals surface area contributed by atoms with E-state index in [1.165, 1.54) is 0 Å². The molecule has 0 fully saturated rings. The summed E-state index contributed by atoms with van der Waals surface area (Å²) in [4.78, 5) is 24.1. The molecule has 0 atom stereocenters. The zero-order valence-corrected chi connectivity index (χ0v) is 13.5. The normalized spacial score (nSPS) is 10.2. The highest BCUT2D eigenvalue weighted by Crippen LogP contribution is 2.14. The van der Waals surface area contributed by atoms with Crippen LogP contribution in [0.3, 0.4) is 0 Å². The number of hydrogen-bond acceptors (Lipinski definition) is 3. The lowest BCUT2D eigenvalue weighted by Crippen LogP contribution is -2.13. The van der Waals surface area contributed by atoms with E-state index in [0.717, 1.165) is 18.4 Å². The maximum Gasteiger partial charge on any atom is 0.338 e. The summed E-state index contributed by atoms with van der Waals surface area (Å²) >= 11 is 0. The van der Waals surface area contributed by atoms with Crippen LogP contribution in [0.5, 0.6) is 0 Å². The average Bonchev–Trinajstić information content (AvgIpc) is 2.56. The summed E-state index contributed by atoms with van der Waals surface area (Å²) in [6, 6.07) is 14.1. The van der Waals surface area contributed by atoms with Gasteiger partial charge in [-0.1, -0.05) is 37.1 Å². The molecule has 0 bridgehead atoms. The van der Waals surface area contributed by atoms with Crippen LogP contribution in [0.1, 0.15) is 46.0 Å². The van der Waals surface area contributed by atoms with Crippen LogP contribution >= 0.6 is 0 Å². The summed E-state index contributed by atoms with van der Waals surface area (Å²) < 4.78 is 5.17. The molecule has 120 valence electrons. The van der Waals surface area contributed by atoms with Crippen LogP contribution in [-0.4, -0.2) is 18.5 Å². The van der Waals surface area contributed by atoms with Crippen molar-refractivity contribution < 1.29 is 14.3 Å². The molecule has 0 saturated heterocycles. The lowest BCUT2D eigenvalue weighted by molar-refractivity contribution is 0.0499. The number of carbonyl (C=O) groups excluding carboxylic acids is 2. The number of ether oxygens (including phenoxy) is 1. The molecule has 2 rings (SSSR count). The van der Waals surface area contributed by atoms with Gasteiger partial charge in [0.1, 0.15) is 0 Å². The van der Waals surface area contributed by atoms with Gasteiger partial charge in [0.05, 0.1) is 12.2 Å². The molecule has 0 spiro atoms. The highest BCUT2D eigenvalue weighted by atomic mass is 16.5. The highest BCUT2D eigenvalue weighted by Gasteiger charge is 2.10. The minimum Gasteiger partial charge on any atom is -0.462 e. The van der Waals surface area contributed by atoms with Gasteiger partial charge >= 0.3 is 5.97 Å². The summed E-state index contributed by atoms with van der Waals surface area (Å²) in [5.41, 5.74) is 2.67. The topological polar surface area (TPSA) is 55.4 Å². The molecule has 0 unspecified atom stereocenters. The number of hydrogen-bond donors (Lipinski definition) is 1. The lowest BCUT2D eigenvalue weighted by Gasteiger charge is -2.08. The minimum absolute atomic E-state index is 0.207. The molecule has 2 aromatic rings. The first kappa shape index (κ1) is 16.7. The van der Waals surface area contributed by atoms with E-state index in [2.05, 4.69) is 5.32 Å². The van der Waals surface area contributed by atoms with Crippen LogP contribution in [0.4, 0.5) is 5.69 Å². The first-order chi connectivity index (χ1) is 11.1. The maximum absolute atomic E-state index is 12.2. The van der Waals surface area contributed by atoms with Gasteiger partial charge in [0.25, 0.3) is 5.91 Å². The molecule has 0 aliphatic rings. The Labute approximate surface area is 136 Å². The van der Waals surface area contributed by atoms with Gasteiger partial charge in [-0.25, -0.2) is 4.79 Å². The van der Waals surface area contributed by atoms with Gasteiger partial charge in [-0.15, -0.1) is 0 Å². The van der Waals surface area contributed by atoms with Gasteiger partial charge < -0.3 is 10.1 Å². The Kier molecular flexibility index (Phi) is 5.92. The van der Waals surface area contributed by atoms with E-state index in [9.17, 15) is 9.59 Å². The standard InChI is InChI=1S/C19H21NO3/c1-3-4-12-23-19(22)16-6-5-7-17(13-16)20-18(21)15-10-8-14(2)9-11-15/h5-11,13H,3-4,12H2,1-2H3,(H,20,21). The van der Waals surface area contributed by atoms with Crippen molar-refractivity contribution in [1.82, 2.24) is 0 Å². The van der Waals surface area contributed by atoms with Gasteiger partial charge in [-0.3, -0.25) is 4.79 Å². The number of aryl methyl sites for hydroxylation is 1. The van der Waals surface area contributed by atoms with E-state index in [0.29, 0.717) is 23.4 Å². The largest absolute Gasteiger partial charge is 0.462 e. The highest BCUT2D eigenvalue weighted by molar-refractivity contribution is 6.04. The van der Waals surface area contributed by atoms with Gasteiger partial charge in [0, 0.05) is 11.3 Å². The van der Waals surface area contributed by atoms with Crippen LogP contribution in [0, 0.1) is 6.92 Å². The monoisotopic (exact) mass is 311 g/mol. The van der Waals surface area contributed by atoms with Crippen LogP contribution in [0.2, 0.25) is 0 Å². The van der Waals surface area contributed by atoms with Crippen molar-refractivity contribution in [2.45, 2.75) is 26.7 Å². The molecule has 4 nitrogen and oxygen atoms in total. The molecule has 0 aromatic heterocycles. The fraction of sp³-hybridized carbons (Fsp3) is 0.263. The Hall–Kier alpha value is -2.62. The predicted molar refractivity (Wildman–Crippen MR) is 90.8 cm³/mol. The second-order valence-electron chi connectivity index (χ2n) is 5.39. The Morgan fingerprint density at radius 3 is 2.48 bits per heavy atom. The fourth-order valence-corrected chi connectivity index (χ4v) is 2.02. The third kappa shape index (κ3) is 4.95. The van der Waals surface area contributed by atoms with E-state index in [-0.39, 0.29) is 11.9 Å². The number of esters is 1. The Balaban J connectivity index is 2.03. The molecule has 23 heavy (non-hydrogen) atoms. The zero-order valence-electron chi connectivity index (χ0n) is 13.5. The number of rotatable bonds is 6. The molecule has 0 radical (unpaired) electrons. The molecule has 1 amide bonds. The van der Waals surface area contributed by atoms with Gasteiger partial charge in [0.2, 0.25) is 0 Å². The van der Waals surface area contributed by atoms with Crippen LogP contribution in [0.25, 0.3) is 0 Å². The van der Waals surface area contributed by atoms with E-state index < -0.39 is 0 Å². The Morgan fingerprint density at radius 2 is 1.78 bits per heavy atom. The van der Waals surface area contributed by atoms with Crippen molar-refractivity contribution >= 4 is 17.6 Å². The molecule has 0 heterocycles. The summed E-state index contributed by atoms with van der Waals surface area (Å²) in [7, 11) is 0. The van der Waals surface area contributed by atoms with E-state index in [1.54, 1.807) is 36.4 Å². The molecule has 0 saturated carbocycles. The van der Waals surface area contributed by atoms with E-state index >= 15 is 0 Å². The average molecular weight is 311 g/mol.